The van der Waals surface area contributed by atoms with Crippen molar-refractivity contribution in [1.82, 2.24) is 9.97 Å². The lowest BCUT2D eigenvalue weighted by Gasteiger charge is -2.01. The van der Waals surface area contributed by atoms with Crippen LogP contribution < -0.4 is 0 Å². The molecular formula is C11H7ClN2O3. The molecular weight excluding hydrogens is 244 g/mol. The molecule has 17 heavy (non-hydrogen) atoms. The number of aromatic amines is 1. The van der Waals surface area contributed by atoms with E-state index in [0.717, 1.165) is 0 Å². The number of carbonyl (C=O) groups excluding carboxylic acids is 1. The first-order chi connectivity index (χ1) is 8.11. The summed E-state index contributed by atoms with van der Waals surface area (Å²) < 4.78 is 0. The highest BCUT2D eigenvalue weighted by molar-refractivity contribution is 6.34. The van der Waals surface area contributed by atoms with Crippen molar-refractivity contribution in [2.45, 2.75) is 0 Å². The maximum atomic E-state index is 12.0. The van der Waals surface area contributed by atoms with Crippen LogP contribution in [0.25, 0.3) is 0 Å². The molecule has 0 fully saturated rings. The fourth-order valence-corrected chi connectivity index (χ4v) is 1.63. The maximum absolute atomic E-state index is 12.0. The highest BCUT2D eigenvalue weighted by Crippen LogP contribution is 2.19. The first-order valence-electron chi connectivity index (χ1n) is 4.66. The van der Waals surface area contributed by atoms with E-state index in [1.807, 2.05) is 0 Å². The van der Waals surface area contributed by atoms with Crippen LogP contribution in [0, 0.1) is 0 Å². The van der Waals surface area contributed by atoms with E-state index in [2.05, 4.69) is 9.97 Å². The molecule has 2 rings (SSSR count). The quantitative estimate of drug-likeness (QED) is 0.645. The number of carbonyl (C=O) groups is 2. The highest BCUT2D eigenvalue weighted by Gasteiger charge is 2.20. The molecule has 0 aliphatic rings. The SMILES string of the molecule is O=C(O)c1c[nH]cc1C(=O)c1cccnc1Cl. The molecule has 0 unspecified atom stereocenters. The second-order valence-corrected chi connectivity index (χ2v) is 3.62. The summed E-state index contributed by atoms with van der Waals surface area (Å²) in [6, 6.07) is 3.06. The Bertz CT molecular complexity index is 592. The number of nitrogens with zero attached hydrogens (tertiary/aromatic N) is 1. The lowest BCUT2D eigenvalue weighted by atomic mass is 10.0. The van der Waals surface area contributed by atoms with Crippen molar-refractivity contribution in [2.75, 3.05) is 0 Å². The molecule has 0 spiro atoms. The van der Waals surface area contributed by atoms with E-state index in [0.29, 0.717) is 0 Å². The van der Waals surface area contributed by atoms with Crippen LogP contribution in [0.2, 0.25) is 5.15 Å². The fourth-order valence-electron chi connectivity index (χ4n) is 1.43. The largest absolute Gasteiger partial charge is 0.478 e. The van der Waals surface area contributed by atoms with E-state index < -0.39 is 11.8 Å². The molecule has 2 N–H and O–H groups in total. The summed E-state index contributed by atoms with van der Waals surface area (Å²) in [6.07, 6.45) is 4.03. The molecule has 6 heteroatoms. The van der Waals surface area contributed by atoms with E-state index in [1.54, 1.807) is 6.07 Å². The number of nitrogens with one attached hydrogen (secondary N) is 1. The molecule has 0 bridgehead atoms. The van der Waals surface area contributed by atoms with Gasteiger partial charge in [0.25, 0.3) is 0 Å². The molecule has 0 aromatic carbocycles. The first kappa shape index (κ1) is 11.3. The second kappa shape index (κ2) is 4.39. The van der Waals surface area contributed by atoms with Gasteiger partial charge in [0.2, 0.25) is 0 Å². The zero-order chi connectivity index (χ0) is 12.4. The lowest BCUT2D eigenvalue weighted by Crippen LogP contribution is -2.07. The molecule has 0 saturated heterocycles. The van der Waals surface area contributed by atoms with Crippen molar-refractivity contribution in [2.24, 2.45) is 0 Å². The minimum atomic E-state index is -1.17. The number of carboxylic acid groups (broad SMARTS) is 1. The van der Waals surface area contributed by atoms with Gasteiger partial charge in [-0.2, -0.15) is 0 Å². The third kappa shape index (κ3) is 2.05. The van der Waals surface area contributed by atoms with Gasteiger partial charge in [0, 0.05) is 18.6 Å². The Morgan fingerprint density at radius 2 is 1.94 bits per heavy atom. The molecule has 5 nitrogen and oxygen atoms in total. The average molecular weight is 251 g/mol. The molecule has 0 atom stereocenters. The Morgan fingerprint density at radius 1 is 1.24 bits per heavy atom. The van der Waals surface area contributed by atoms with Crippen LogP contribution in [0.5, 0.6) is 0 Å². The summed E-state index contributed by atoms with van der Waals surface area (Å²) in [5, 5.41) is 8.95. The van der Waals surface area contributed by atoms with Gasteiger partial charge < -0.3 is 10.1 Å². The van der Waals surface area contributed by atoms with Gasteiger partial charge in [0.15, 0.2) is 5.78 Å². The lowest BCUT2D eigenvalue weighted by molar-refractivity contribution is 0.0693. The minimum Gasteiger partial charge on any atom is -0.478 e. The van der Waals surface area contributed by atoms with Crippen molar-refractivity contribution in [1.29, 1.82) is 0 Å². The molecule has 2 aromatic heterocycles. The number of pyridine rings is 1. The summed E-state index contributed by atoms with van der Waals surface area (Å²) in [4.78, 5) is 29.3. The topological polar surface area (TPSA) is 83.0 Å². The summed E-state index contributed by atoms with van der Waals surface area (Å²) in [6.45, 7) is 0. The molecule has 0 radical (unpaired) electrons. The molecule has 0 saturated carbocycles. The van der Waals surface area contributed by atoms with Crippen molar-refractivity contribution in [3.8, 4) is 0 Å². The molecule has 0 amide bonds. The predicted octanol–water partition coefficient (Wildman–Crippen LogP) is 1.99. The molecule has 2 aromatic rings. The van der Waals surface area contributed by atoms with Crippen LogP contribution in [0.15, 0.2) is 30.7 Å². The zero-order valence-electron chi connectivity index (χ0n) is 8.48. The van der Waals surface area contributed by atoms with Crippen LogP contribution in [0.4, 0.5) is 0 Å². The number of rotatable bonds is 3. The molecule has 0 aliphatic carbocycles. The number of carboxylic acids is 1. The van der Waals surface area contributed by atoms with Crippen LogP contribution in [0.3, 0.4) is 0 Å². The second-order valence-electron chi connectivity index (χ2n) is 3.26. The van der Waals surface area contributed by atoms with E-state index in [4.69, 9.17) is 16.7 Å². The summed E-state index contributed by atoms with van der Waals surface area (Å²) >= 11 is 5.78. The number of aromatic carboxylic acids is 1. The van der Waals surface area contributed by atoms with Crippen LogP contribution in [0.1, 0.15) is 26.3 Å². The van der Waals surface area contributed by atoms with Crippen LogP contribution in [-0.2, 0) is 0 Å². The van der Waals surface area contributed by atoms with Crippen molar-refractivity contribution < 1.29 is 14.7 Å². The normalized spacial score (nSPS) is 10.2. The average Bonchev–Trinajstić information content (AvgIpc) is 2.77. The van der Waals surface area contributed by atoms with Gasteiger partial charge in [0.1, 0.15) is 5.15 Å². The van der Waals surface area contributed by atoms with Gasteiger partial charge in [-0.3, -0.25) is 4.79 Å². The van der Waals surface area contributed by atoms with Gasteiger partial charge in [-0.05, 0) is 12.1 Å². The Kier molecular flexibility index (Phi) is 2.93. The Labute approximate surface area is 101 Å². The van der Waals surface area contributed by atoms with Crippen molar-refractivity contribution >= 4 is 23.4 Å². The Balaban J connectivity index is 2.48. The van der Waals surface area contributed by atoms with Gasteiger partial charge in [-0.25, -0.2) is 9.78 Å². The third-order valence-electron chi connectivity index (χ3n) is 2.22. The Hall–Kier alpha value is -2.14. The number of hydrogen-bond donors (Lipinski definition) is 2. The summed E-state index contributed by atoms with van der Waals surface area (Å²) in [5.74, 6) is -1.64. The number of aromatic nitrogens is 2. The number of ketones is 1. The number of H-pyrrole nitrogens is 1. The van der Waals surface area contributed by atoms with Crippen LogP contribution >= 0.6 is 11.6 Å². The Morgan fingerprint density at radius 3 is 2.59 bits per heavy atom. The zero-order valence-corrected chi connectivity index (χ0v) is 9.23. The highest BCUT2D eigenvalue weighted by atomic mass is 35.5. The number of hydrogen-bond acceptors (Lipinski definition) is 3. The smallest absolute Gasteiger partial charge is 0.337 e. The maximum Gasteiger partial charge on any atom is 0.337 e. The standard InChI is InChI=1S/C11H7ClN2O3/c12-10-6(2-1-3-14-10)9(15)7-4-13-5-8(7)11(16)17/h1-5,13H,(H,16,17). The minimum absolute atomic E-state index is 0.0510. The molecule has 0 aliphatic heterocycles. The van der Waals surface area contributed by atoms with Crippen molar-refractivity contribution in [3.05, 3.63) is 52.6 Å². The van der Waals surface area contributed by atoms with E-state index in [1.165, 1.54) is 24.7 Å². The first-order valence-corrected chi connectivity index (χ1v) is 5.04. The van der Waals surface area contributed by atoms with Gasteiger partial charge >= 0.3 is 5.97 Å². The summed E-state index contributed by atoms with van der Waals surface area (Å²) in [5.41, 5.74) is 0.151. The monoisotopic (exact) mass is 250 g/mol. The fraction of sp³-hybridized carbons (Fsp3) is 0. The van der Waals surface area contributed by atoms with Gasteiger partial charge in [0.05, 0.1) is 16.7 Å². The number of halogens is 1. The van der Waals surface area contributed by atoms with E-state index >= 15 is 0 Å². The van der Waals surface area contributed by atoms with E-state index in [9.17, 15) is 9.59 Å². The van der Waals surface area contributed by atoms with E-state index in [-0.39, 0.29) is 21.8 Å². The van der Waals surface area contributed by atoms with Gasteiger partial charge in [-0.1, -0.05) is 11.6 Å². The summed E-state index contributed by atoms with van der Waals surface area (Å²) in [7, 11) is 0. The third-order valence-corrected chi connectivity index (χ3v) is 2.53. The van der Waals surface area contributed by atoms with Crippen molar-refractivity contribution in [3.63, 3.8) is 0 Å². The predicted molar refractivity (Wildman–Crippen MR) is 60.4 cm³/mol. The van der Waals surface area contributed by atoms with Crippen LogP contribution in [-0.4, -0.2) is 26.8 Å². The molecule has 2 heterocycles. The van der Waals surface area contributed by atoms with Gasteiger partial charge in [-0.15, -0.1) is 0 Å². The molecule has 86 valence electrons.